The third-order valence-corrected chi connectivity index (χ3v) is 1.74. The maximum absolute atomic E-state index is 12.2. The maximum atomic E-state index is 12.2. The van der Waals surface area contributed by atoms with E-state index in [9.17, 15) is 8.78 Å². The first-order valence-electron chi connectivity index (χ1n) is 3.28. The molecule has 2 N–H and O–H groups in total. The lowest BCUT2D eigenvalue weighted by atomic mass is 10.2. The van der Waals surface area contributed by atoms with Crippen molar-refractivity contribution in [3.63, 3.8) is 0 Å². The van der Waals surface area contributed by atoms with Crippen LogP contribution in [0, 0.1) is 0 Å². The molecule has 12 heavy (non-hydrogen) atoms. The summed E-state index contributed by atoms with van der Waals surface area (Å²) in [5.41, 5.74) is 5.66. The van der Waals surface area contributed by atoms with Crippen LogP contribution in [-0.2, 0) is 6.54 Å². The summed E-state index contributed by atoms with van der Waals surface area (Å²) in [6.07, 6.45) is -2.48. The minimum atomic E-state index is -2.48. The predicted molar refractivity (Wildman–Crippen MR) is 44.8 cm³/mol. The van der Waals surface area contributed by atoms with Gasteiger partial charge in [0.2, 0.25) is 0 Å². The Bertz CT molecular complexity index is 278. The van der Waals surface area contributed by atoms with Crippen LogP contribution in [-0.4, -0.2) is 4.98 Å². The van der Waals surface area contributed by atoms with E-state index in [0.29, 0.717) is 10.3 Å². The van der Waals surface area contributed by atoms with Gasteiger partial charge in [0.05, 0.1) is 5.69 Å². The Kier molecular flexibility index (Phi) is 3.11. The minimum Gasteiger partial charge on any atom is -0.325 e. The van der Waals surface area contributed by atoms with E-state index >= 15 is 0 Å². The van der Waals surface area contributed by atoms with Crippen LogP contribution in [0.5, 0.6) is 0 Å². The van der Waals surface area contributed by atoms with Gasteiger partial charge in [0, 0.05) is 12.1 Å². The largest absolute Gasteiger partial charge is 0.325 e. The van der Waals surface area contributed by atoms with Crippen LogP contribution in [0.3, 0.4) is 0 Å². The molecule has 0 atom stereocenters. The van der Waals surface area contributed by atoms with E-state index < -0.39 is 6.43 Å². The number of halogens is 3. The average molecular weight is 237 g/mol. The monoisotopic (exact) mass is 236 g/mol. The molecule has 0 saturated carbocycles. The van der Waals surface area contributed by atoms with Crippen LogP contribution in [0.1, 0.15) is 17.7 Å². The Balaban J connectivity index is 3.06. The summed E-state index contributed by atoms with van der Waals surface area (Å²) in [5.74, 6) is 0. The van der Waals surface area contributed by atoms with Crippen LogP contribution >= 0.6 is 15.9 Å². The second-order valence-corrected chi connectivity index (χ2v) is 3.03. The number of nitrogens with zero attached hydrogens (tertiary/aromatic N) is 1. The van der Waals surface area contributed by atoms with Crippen molar-refractivity contribution in [3.8, 4) is 0 Å². The highest BCUT2D eigenvalue weighted by Crippen LogP contribution is 2.21. The van der Waals surface area contributed by atoms with E-state index in [2.05, 4.69) is 20.9 Å². The zero-order valence-corrected chi connectivity index (χ0v) is 7.68. The highest BCUT2D eigenvalue weighted by atomic mass is 79.9. The first-order valence-corrected chi connectivity index (χ1v) is 4.07. The second kappa shape index (κ2) is 3.91. The number of aromatic nitrogens is 1. The molecule has 1 aromatic heterocycles. The van der Waals surface area contributed by atoms with Crippen molar-refractivity contribution in [2.45, 2.75) is 13.0 Å². The number of hydrogen-bond donors (Lipinski definition) is 1. The lowest BCUT2D eigenvalue weighted by molar-refractivity contribution is 0.151. The molecule has 0 aliphatic carbocycles. The molecule has 0 spiro atoms. The zero-order chi connectivity index (χ0) is 9.14. The van der Waals surface area contributed by atoms with Gasteiger partial charge in [-0.05, 0) is 28.1 Å². The highest BCUT2D eigenvalue weighted by Gasteiger charge is 2.09. The Morgan fingerprint density at radius 3 is 2.67 bits per heavy atom. The quantitative estimate of drug-likeness (QED) is 0.801. The third-order valence-electron chi connectivity index (χ3n) is 1.33. The molecule has 66 valence electrons. The highest BCUT2D eigenvalue weighted by molar-refractivity contribution is 9.10. The summed E-state index contributed by atoms with van der Waals surface area (Å²) in [6, 6.07) is 2.58. The van der Waals surface area contributed by atoms with Crippen molar-refractivity contribution in [3.05, 3.63) is 28.0 Å². The van der Waals surface area contributed by atoms with Crippen molar-refractivity contribution >= 4 is 15.9 Å². The first kappa shape index (κ1) is 9.54. The summed E-state index contributed by atoms with van der Waals surface area (Å²) < 4.78 is 24.7. The van der Waals surface area contributed by atoms with Gasteiger partial charge in [-0.15, -0.1) is 0 Å². The molecule has 0 aromatic carbocycles. The average Bonchev–Trinajstić information content (AvgIpc) is 2.03. The standard InChI is InChI=1S/C7H7BrF2N2/c8-6-2-4(7(9)10)1-5(3-11)12-6/h1-2,7H,3,11H2. The van der Waals surface area contributed by atoms with E-state index in [-0.39, 0.29) is 12.1 Å². The molecule has 5 heteroatoms. The summed E-state index contributed by atoms with van der Waals surface area (Å²) in [7, 11) is 0. The Morgan fingerprint density at radius 2 is 2.17 bits per heavy atom. The lowest BCUT2D eigenvalue weighted by Crippen LogP contribution is -2.01. The molecule has 0 unspecified atom stereocenters. The molecule has 0 amide bonds. The van der Waals surface area contributed by atoms with E-state index in [1.165, 1.54) is 12.1 Å². The van der Waals surface area contributed by atoms with Crippen LogP contribution in [0.15, 0.2) is 16.7 Å². The van der Waals surface area contributed by atoms with Crippen LogP contribution in [0.2, 0.25) is 0 Å². The molecule has 2 nitrogen and oxygen atoms in total. The molecule has 0 radical (unpaired) electrons. The van der Waals surface area contributed by atoms with Gasteiger partial charge < -0.3 is 5.73 Å². The molecule has 0 aliphatic rings. The smallest absolute Gasteiger partial charge is 0.264 e. The number of pyridine rings is 1. The molecule has 0 saturated heterocycles. The van der Waals surface area contributed by atoms with Gasteiger partial charge in [-0.3, -0.25) is 0 Å². The third kappa shape index (κ3) is 2.22. The number of alkyl halides is 2. The molecule has 0 aliphatic heterocycles. The SMILES string of the molecule is NCc1cc(C(F)F)cc(Br)n1. The van der Waals surface area contributed by atoms with Crippen LogP contribution in [0.25, 0.3) is 0 Å². The fraction of sp³-hybridized carbons (Fsp3) is 0.286. The Labute approximate surface area is 76.9 Å². The zero-order valence-electron chi connectivity index (χ0n) is 6.10. The van der Waals surface area contributed by atoms with Gasteiger partial charge in [0.15, 0.2) is 0 Å². The lowest BCUT2D eigenvalue weighted by Gasteiger charge is -2.02. The summed E-state index contributed by atoms with van der Waals surface area (Å²) in [5, 5.41) is 0. The Hall–Kier alpha value is -0.550. The molecule has 0 bridgehead atoms. The fourth-order valence-electron chi connectivity index (χ4n) is 0.804. The molecular formula is C7H7BrF2N2. The van der Waals surface area contributed by atoms with Gasteiger partial charge >= 0.3 is 0 Å². The molecular weight excluding hydrogens is 230 g/mol. The number of rotatable bonds is 2. The molecule has 1 rings (SSSR count). The van der Waals surface area contributed by atoms with E-state index in [1.807, 2.05) is 0 Å². The van der Waals surface area contributed by atoms with Crippen molar-refractivity contribution < 1.29 is 8.78 Å². The molecule has 1 heterocycles. The van der Waals surface area contributed by atoms with Crippen molar-refractivity contribution in [1.29, 1.82) is 0 Å². The summed E-state index contributed by atoms with van der Waals surface area (Å²) in [4.78, 5) is 3.89. The van der Waals surface area contributed by atoms with Crippen molar-refractivity contribution in [1.82, 2.24) is 4.98 Å². The summed E-state index contributed by atoms with van der Waals surface area (Å²) >= 11 is 3.02. The molecule has 0 fully saturated rings. The molecule has 1 aromatic rings. The predicted octanol–water partition coefficient (Wildman–Crippen LogP) is 2.24. The number of hydrogen-bond acceptors (Lipinski definition) is 2. The summed E-state index contributed by atoms with van der Waals surface area (Å²) in [6.45, 7) is 0.166. The van der Waals surface area contributed by atoms with Crippen molar-refractivity contribution in [2.24, 2.45) is 5.73 Å². The normalized spacial score (nSPS) is 10.8. The van der Waals surface area contributed by atoms with Gasteiger partial charge in [0.1, 0.15) is 4.60 Å². The van der Waals surface area contributed by atoms with Gasteiger partial charge in [-0.2, -0.15) is 0 Å². The topological polar surface area (TPSA) is 38.9 Å². The van der Waals surface area contributed by atoms with Gasteiger partial charge in [-0.25, -0.2) is 13.8 Å². The van der Waals surface area contributed by atoms with Gasteiger partial charge in [-0.1, -0.05) is 0 Å². The van der Waals surface area contributed by atoms with E-state index in [4.69, 9.17) is 5.73 Å². The maximum Gasteiger partial charge on any atom is 0.264 e. The second-order valence-electron chi connectivity index (χ2n) is 2.22. The number of nitrogens with two attached hydrogens (primary N) is 1. The van der Waals surface area contributed by atoms with E-state index in [0.717, 1.165) is 0 Å². The fourth-order valence-corrected chi connectivity index (χ4v) is 1.30. The Morgan fingerprint density at radius 1 is 1.50 bits per heavy atom. The van der Waals surface area contributed by atoms with Crippen LogP contribution < -0.4 is 5.73 Å². The van der Waals surface area contributed by atoms with Crippen LogP contribution in [0.4, 0.5) is 8.78 Å². The minimum absolute atomic E-state index is 0.0580. The van der Waals surface area contributed by atoms with E-state index in [1.54, 1.807) is 0 Å². The first-order chi connectivity index (χ1) is 5.63. The van der Waals surface area contributed by atoms with Gasteiger partial charge in [0.25, 0.3) is 6.43 Å². The van der Waals surface area contributed by atoms with Crippen molar-refractivity contribution in [2.75, 3.05) is 0 Å².